The summed E-state index contributed by atoms with van der Waals surface area (Å²) >= 11 is 0. The topological polar surface area (TPSA) is 38.5 Å². The van der Waals surface area contributed by atoms with Gasteiger partial charge in [-0.3, -0.25) is 0 Å². The van der Waals surface area contributed by atoms with Gasteiger partial charge in [0.2, 0.25) is 0 Å². The molecule has 0 fully saturated rings. The van der Waals surface area contributed by atoms with Crippen molar-refractivity contribution in [3.63, 3.8) is 0 Å². The number of methoxy groups -OCH3 is 1. The standard InChI is InChI=1S/C10H24N2O/c1-9(11)5-6-10(2)12(3)7-8-13-4/h9-10H,5-8,11H2,1-4H3. The molecule has 2 N–H and O–H groups in total. The summed E-state index contributed by atoms with van der Waals surface area (Å²) in [7, 11) is 3.87. The lowest BCUT2D eigenvalue weighted by Gasteiger charge is -2.24. The first-order valence-electron chi connectivity index (χ1n) is 5.02. The van der Waals surface area contributed by atoms with E-state index in [1.165, 1.54) is 0 Å². The Hall–Kier alpha value is -0.120. The zero-order valence-electron chi connectivity index (χ0n) is 9.42. The third kappa shape index (κ3) is 6.99. The van der Waals surface area contributed by atoms with Crippen molar-refractivity contribution in [1.29, 1.82) is 0 Å². The lowest BCUT2D eigenvalue weighted by molar-refractivity contribution is 0.139. The summed E-state index contributed by atoms with van der Waals surface area (Å²) in [5.41, 5.74) is 5.70. The molecule has 0 aliphatic heterocycles. The molecular weight excluding hydrogens is 164 g/mol. The molecule has 0 saturated carbocycles. The molecular formula is C10H24N2O. The summed E-state index contributed by atoms with van der Waals surface area (Å²) in [4.78, 5) is 2.31. The number of nitrogens with two attached hydrogens (primary N) is 1. The normalized spacial score (nSPS) is 16.2. The molecule has 3 nitrogen and oxygen atoms in total. The predicted molar refractivity (Wildman–Crippen MR) is 56.9 cm³/mol. The van der Waals surface area contributed by atoms with Gasteiger partial charge in [0.05, 0.1) is 6.61 Å². The van der Waals surface area contributed by atoms with Gasteiger partial charge in [-0.1, -0.05) is 0 Å². The van der Waals surface area contributed by atoms with Crippen molar-refractivity contribution in [3.8, 4) is 0 Å². The molecule has 0 aliphatic carbocycles. The van der Waals surface area contributed by atoms with Crippen molar-refractivity contribution in [1.82, 2.24) is 4.90 Å². The third-order valence-electron chi connectivity index (χ3n) is 2.44. The van der Waals surface area contributed by atoms with E-state index in [1.807, 2.05) is 0 Å². The maximum atomic E-state index is 5.70. The van der Waals surface area contributed by atoms with Crippen LogP contribution in [0, 0.1) is 0 Å². The Morgan fingerprint density at radius 3 is 2.38 bits per heavy atom. The van der Waals surface area contributed by atoms with Crippen LogP contribution in [0.3, 0.4) is 0 Å². The molecule has 0 rings (SSSR count). The van der Waals surface area contributed by atoms with Gasteiger partial charge in [-0.2, -0.15) is 0 Å². The Morgan fingerprint density at radius 1 is 1.31 bits per heavy atom. The van der Waals surface area contributed by atoms with Crippen molar-refractivity contribution in [2.75, 3.05) is 27.3 Å². The van der Waals surface area contributed by atoms with Crippen molar-refractivity contribution in [3.05, 3.63) is 0 Å². The van der Waals surface area contributed by atoms with E-state index in [1.54, 1.807) is 7.11 Å². The van der Waals surface area contributed by atoms with Gasteiger partial charge in [-0.15, -0.1) is 0 Å². The average molecular weight is 188 g/mol. The molecule has 2 atom stereocenters. The van der Waals surface area contributed by atoms with Crippen LogP contribution < -0.4 is 5.73 Å². The summed E-state index contributed by atoms with van der Waals surface area (Å²) in [5.74, 6) is 0. The monoisotopic (exact) mass is 188 g/mol. The van der Waals surface area contributed by atoms with Crippen LogP contribution in [-0.4, -0.2) is 44.3 Å². The molecule has 0 heterocycles. The van der Waals surface area contributed by atoms with Gasteiger partial charge >= 0.3 is 0 Å². The Labute approximate surface area is 82.2 Å². The fourth-order valence-electron chi connectivity index (χ4n) is 1.18. The number of hydrogen-bond donors (Lipinski definition) is 1. The van der Waals surface area contributed by atoms with Gasteiger partial charge in [0, 0.05) is 25.7 Å². The van der Waals surface area contributed by atoms with Crippen LogP contribution in [0.5, 0.6) is 0 Å². The van der Waals surface area contributed by atoms with Crippen molar-refractivity contribution >= 4 is 0 Å². The van der Waals surface area contributed by atoms with E-state index in [-0.39, 0.29) is 0 Å². The van der Waals surface area contributed by atoms with Crippen LogP contribution in [0.1, 0.15) is 26.7 Å². The Balaban J connectivity index is 3.50. The Morgan fingerprint density at radius 2 is 1.92 bits per heavy atom. The van der Waals surface area contributed by atoms with E-state index in [0.29, 0.717) is 12.1 Å². The van der Waals surface area contributed by atoms with Crippen molar-refractivity contribution in [2.24, 2.45) is 5.73 Å². The van der Waals surface area contributed by atoms with Crippen LogP contribution in [-0.2, 0) is 4.74 Å². The number of likely N-dealkylation sites (N-methyl/N-ethyl adjacent to an activating group) is 1. The van der Waals surface area contributed by atoms with E-state index >= 15 is 0 Å². The molecule has 0 radical (unpaired) electrons. The summed E-state index contributed by atoms with van der Waals surface area (Å²) in [6.45, 7) is 6.09. The SMILES string of the molecule is COCCN(C)C(C)CCC(C)N. The molecule has 80 valence electrons. The fraction of sp³-hybridized carbons (Fsp3) is 1.00. The first-order valence-corrected chi connectivity index (χ1v) is 5.02. The average Bonchev–Trinajstić information content (AvgIpc) is 2.10. The molecule has 2 unspecified atom stereocenters. The van der Waals surface area contributed by atoms with Crippen LogP contribution >= 0.6 is 0 Å². The zero-order valence-corrected chi connectivity index (χ0v) is 9.42. The van der Waals surface area contributed by atoms with Crippen molar-refractivity contribution < 1.29 is 4.74 Å². The second kappa shape index (κ2) is 7.30. The number of ether oxygens (including phenoxy) is 1. The summed E-state index contributed by atoms with van der Waals surface area (Å²) < 4.78 is 5.02. The predicted octanol–water partition coefficient (Wildman–Crippen LogP) is 1.08. The highest BCUT2D eigenvalue weighted by Crippen LogP contribution is 2.05. The number of hydrogen-bond acceptors (Lipinski definition) is 3. The molecule has 0 aromatic carbocycles. The Kier molecular flexibility index (Phi) is 7.23. The van der Waals surface area contributed by atoms with Gasteiger partial charge < -0.3 is 15.4 Å². The third-order valence-corrected chi connectivity index (χ3v) is 2.44. The molecule has 3 heteroatoms. The molecule has 0 amide bonds. The van der Waals surface area contributed by atoms with E-state index in [9.17, 15) is 0 Å². The van der Waals surface area contributed by atoms with E-state index in [2.05, 4.69) is 25.8 Å². The van der Waals surface area contributed by atoms with Gasteiger partial charge in [-0.05, 0) is 33.7 Å². The molecule has 0 saturated heterocycles. The Bertz CT molecular complexity index is 117. The van der Waals surface area contributed by atoms with Crippen molar-refractivity contribution in [2.45, 2.75) is 38.8 Å². The van der Waals surface area contributed by atoms with E-state index in [4.69, 9.17) is 10.5 Å². The van der Waals surface area contributed by atoms with Gasteiger partial charge in [-0.25, -0.2) is 0 Å². The minimum atomic E-state index is 0.318. The van der Waals surface area contributed by atoms with E-state index < -0.39 is 0 Å². The van der Waals surface area contributed by atoms with Gasteiger partial charge in [0.1, 0.15) is 0 Å². The quantitative estimate of drug-likeness (QED) is 0.650. The maximum absolute atomic E-state index is 5.70. The maximum Gasteiger partial charge on any atom is 0.0589 e. The highest BCUT2D eigenvalue weighted by atomic mass is 16.5. The molecule has 0 bridgehead atoms. The lowest BCUT2D eigenvalue weighted by Crippen LogP contribution is -2.33. The summed E-state index contributed by atoms with van der Waals surface area (Å²) in [5, 5.41) is 0. The molecule has 0 spiro atoms. The highest BCUT2D eigenvalue weighted by molar-refractivity contribution is 4.65. The van der Waals surface area contributed by atoms with Gasteiger partial charge in [0.25, 0.3) is 0 Å². The van der Waals surface area contributed by atoms with Gasteiger partial charge in [0.15, 0.2) is 0 Å². The first-order chi connectivity index (χ1) is 6.07. The van der Waals surface area contributed by atoms with Crippen LogP contribution in [0.15, 0.2) is 0 Å². The van der Waals surface area contributed by atoms with Crippen LogP contribution in [0.4, 0.5) is 0 Å². The molecule has 0 aromatic heterocycles. The smallest absolute Gasteiger partial charge is 0.0589 e. The van der Waals surface area contributed by atoms with E-state index in [0.717, 1.165) is 26.0 Å². The number of nitrogens with zero attached hydrogens (tertiary/aromatic N) is 1. The van der Waals surface area contributed by atoms with Crippen LogP contribution in [0.25, 0.3) is 0 Å². The molecule has 13 heavy (non-hydrogen) atoms. The molecule has 0 aromatic rings. The second-order valence-corrected chi connectivity index (χ2v) is 3.88. The first kappa shape index (κ1) is 12.9. The summed E-state index contributed by atoms with van der Waals surface area (Å²) in [6.07, 6.45) is 2.26. The highest BCUT2D eigenvalue weighted by Gasteiger charge is 2.08. The largest absolute Gasteiger partial charge is 0.383 e. The van der Waals surface area contributed by atoms with Crippen LogP contribution in [0.2, 0.25) is 0 Å². The minimum Gasteiger partial charge on any atom is -0.383 e. The molecule has 0 aliphatic rings. The lowest BCUT2D eigenvalue weighted by atomic mass is 10.1. The second-order valence-electron chi connectivity index (χ2n) is 3.88. The summed E-state index contributed by atoms with van der Waals surface area (Å²) in [6, 6.07) is 0.916. The fourth-order valence-corrected chi connectivity index (χ4v) is 1.18. The number of rotatable bonds is 7. The zero-order chi connectivity index (χ0) is 10.3. The minimum absolute atomic E-state index is 0.318.